The van der Waals surface area contributed by atoms with Crippen LogP contribution in [0.3, 0.4) is 0 Å². The van der Waals surface area contributed by atoms with E-state index in [9.17, 15) is 4.79 Å². The summed E-state index contributed by atoms with van der Waals surface area (Å²) in [6, 6.07) is 7.70. The van der Waals surface area contributed by atoms with Gasteiger partial charge in [-0.2, -0.15) is 0 Å². The molecule has 3 rings (SSSR count). The highest BCUT2D eigenvalue weighted by molar-refractivity contribution is 6.10. The number of amidine groups is 1. The van der Waals surface area contributed by atoms with Gasteiger partial charge in [0.2, 0.25) is 0 Å². The smallest absolute Gasteiger partial charge is 0.313 e. The molecule has 2 aromatic rings. The molecule has 0 saturated carbocycles. The van der Waals surface area contributed by atoms with E-state index in [0.717, 1.165) is 22.4 Å². The molecule has 1 unspecified atom stereocenters. The molecule has 1 atom stereocenters. The number of fused-ring (bicyclic) bond motifs is 3. The number of benzene rings is 1. The maximum absolute atomic E-state index is 11.6. The highest BCUT2D eigenvalue weighted by Gasteiger charge is 2.25. The van der Waals surface area contributed by atoms with Gasteiger partial charge in [0.15, 0.2) is 5.76 Å². The van der Waals surface area contributed by atoms with Crippen molar-refractivity contribution in [2.75, 3.05) is 11.9 Å². The van der Waals surface area contributed by atoms with Gasteiger partial charge in [-0.25, -0.2) is 0 Å². The quantitative estimate of drug-likeness (QED) is 0.871. The maximum Gasteiger partial charge on any atom is 0.313 e. The fourth-order valence-electron chi connectivity index (χ4n) is 2.40. The van der Waals surface area contributed by atoms with E-state index in [1.807, 2.05) is 31.2 Å². The van der Waals surface area contributed by atoms with Gasteiger partial charge in [0, 0.05) is 5.39 Å². The number of aliphatic imine (C=N–C) groups is 1. The van der Waals surface area contributed by atoms with Crippen LogP contribution in [-0.4, -0.2) is 18.4 Å². The molecule has 1 aromatic carbocycles. The first-order valence-corrected chi connectivity index (χ1v) is 6.69. The van der Waals surface area contributed by atoms with Gasteiger partial charge in [-0.05, 0) is 26.0 Å². The van der Waals surface area contributed by atoms with E-state index in [-0.39, 0.29) is 18.4 Å². The molecular formula is C15H16N2O3. The van der Waals surface area contributed by atoms with Gasteiger partial charge in [0.05, 0.1) is 12.3 Å². The molecule has 1 aliphatic heterocycles. The van der Waals surface area contributed by atoms with E-state index < -0.39 is 0 Å². The number of hydrogen-bond donors (Lipinski definition) is 1. The van der Waals surface area contributed by atoms with Crippen molar-refractivity contribution in [3.05, 3.63) is 30.0 Å². The van der Waals surface area contributed by atoms with E-state index in [4.69, 9.17) is 9.15 Å². The van der Waals surface area contributed by atoms with Crippen LogP contribution in [0.1, 0.15) is 32.1 Å². The molecule has 0 amide bonds. The Morgan fingerprint density at radius 1 is 1.45 bits per heavy atom. The minimum atomic E-state index is -0.276. The first kappa shape index (κ1) is 12.7. The molecule has 1 N–H and O–H groups in total. The summed E-state index contributed by atoms with van der Waals surface area (Å²) < 4.78 is 10.8. The van der Waals surface area contributed by atoms with E-state index in [1.54, 1.807) is 6.92 Å². The van der Waals surface area contributed by atoms with Gasteiger partial charge in [-0.15, -0.1) is 0 Å². The fourth-order valence-corrected chi connectivity index (χ4v) is 2.40. The molecule has 20 heavy (non-hydrogen) atoms. The molecule has 104 valence electrons. The molecule has 0 spiro atoms. The number of nitrogens with one attached hydrogen (secondary N) is 1. The van der Waals surface area contributed by atoms with Crippen LogP contribution in [0.25, 0.3) is 11.0 Å². The summed E-state index contributed by atoms with van der Waals surface area (Å²) in [5.74, 6) is 1.15. The largest absolute Gasteiger partial charge is 0.466 e. The first-order chi connectivity index (χ1) is 9.69. The van der Waals surface area contributed by atoms with Crippen molar-refractivity contribution in [2.24, 2.45) is 4.99 Å². The predicted octanol–water partition coefficient (Wildman–Crippen LogP) is 3.27. The third kappa shape index (κ3) is 2.15. The van der Waals surface area contributed by atoms with E-state index in [0.29, 0.717) is 12.4 Å². The number of nitrogens with zero attached hydrogens (tertiary/aromatic N) is 1. The van der Waals surface area contributed by atoms with E-state index in [1.165, 1.54) is 0 Å². The highest BCUT2D eigenvalue weighted by atomic mass is 16.5. The second kappa shape index (κ2) is 5.00. The number of rotatable bonds is 3. The molecule has 1 aliphatic rings. The summed E-state index contributed by atoms with van der Waals surface area (Å²) in [4.78, 5) is 16.0. The lowest BCUT2D eigenvalue weighted by Gasteiger charge is -2.18. The summed E-state index contributed by atoms with van der Waals surface area (Å²) >= 11 is 0. The summed E-state index contributed by atoms with van der Waals surface area (Å²) in [7, 11) is 0. The number of furan rings is 1. The first-order valence-electron chi connectivity index (χ1n) is 6.69. The fraction of sp³-hybridized carbons (Fsp3) is 0.333. The van der Waals surface area contributed by atoms with Crippen molar-refractivity contribution in [1.29, 1.82) is 0 Å². The van der Waals surface area contributed by atoms with Gasteiger partial charge in [0.25, 0.3) is 0 Å². The molecule has 0 saturated heterocycles. The second-order valence-electron chi connectivity index (χ2n) is 4.70. The van der Waals surface area contributed by atoms with Crippen molar-refractivity contribution >= 4 is 28.5 Å². The lowest BCUT2D eigenvalue weighted by atomic mass is 10.1. The molecule has 0 aliphatic carbocycles. The Labute approximate surface area is 116 Å². The van der Waals surface area contributed by atoms with Crippen LogP contribution in [0, 0.1) is 0 Å². The lowest BCUT2D eigenvalue weighted by Crippen LogP contribution is -2.22. The van der Waals surface area contributed by atoms with Crippen molar-refractivity contribution < 1.29 is 13.9 Å². The Morgan fingerprint density at radius 3 is 3.05 bits per heavy atom. The molecule has 1 aromatic heterocycles. The van der Waals surface area contributed by atoms with E-state index >= 15 is 0 Å². The molecule has 5 heteroatoms. The molecule has 0 fully saturated rings. The van der Waals surface area contributed by atoms with Crippen LogP contribution in [-0.2, 0) is 9.53 Å². The molecule has 2 heterocycles. The summed E-state index contributed by atoms with van der Waals surface area (Å²) in [5, 5.41) is 4.20. The maximum atomic E-state index is 11.6. The van der Waals surface area contributed by atoms with Crippen molar-refractivity contribution in [3.63, 3.8) is 0 Å². The number of ether oxygens (including phenoxy) is 1. The number of hydrogen-bond acceptors (Lipinski definition) is 5. The SMILES string of the molecule is CCOC(=O)CC1=NC(C)c2oc3ccccc3c2N1. The minimum absolute atomic E-state index is 0.108. The minimum Gasteiger partial charge on any atom is -0.466 e. The molecule has 0 radical (unpaired) electrons. The number of esters is 1. The van der Waals surface area contributed by atoms with E-state index in [2.05, 4.69) is 10.3 Å². The molecule has 5 nitrogen and oxygen atoms in total. The lowest BCUT2D eigenvalue weighted by molar-refractivity contribution is -0.141. The van der Waals surface area contributed by atoms with Crippen molar-refractivity contribution in [2.45, 2.75) is 26.3 Å². The summed E-state index contributed by atoms with van der Waals surface area (Å²) in [5.41, 5.74) is 1.73. The van der Waals surface area contributed by atoms with Crippen LogP contribution >= 0.6 is 0 Å². The normalized spacial score (nSPS) is 17.3. The number of carbonyl (C=O) groups is 1. The summed E-state index contributed by atoms with van der Waals surface area (Å²) in [6.45, 7) is 4.12. The monoisotopic (exact) mass is 272 g/mol. The van der Waals surface area contributed by atoms with Crippen molar-refractivity contribution in [3.8, 4) is 0 Å². The zero-order valence-electron chi connectivity index (χ0n) is 11.5. The topological polar surface area (TPSA) is 63.8 Å². The van der Waals surface area contributed by atoms with Gasteiger partial charge >= 0.3 is 5.97 Å². The Balaban J connectivity index is 1.91. The Kier molecular flexibility index (Phi) is 3.18. The molecule has 0 bridgehead atoms. The van der Waals surface area contributed by atoms with Gasteiger partial charge < -0.3 is 14.5 Å². The number of anilines is 1. The van der Waals surface area contributed by atoms with Crippen LogP contribution in [0.5, 0.6) is 0 Å². The second-order valence-corrected chi connectivity index (χ2v) is 4.70. The van der Waals surface area contributed by atoms with Crippen molar-refractivity contribution in [1.82, 2.24) is 0 Å². The molecular weight excluding hydrogens is 256 g/mol. The van der Waals surface area contributed by atoms with Crippen LogP contribution < -0.4 is 5.32 Å². The predicted molar refractivity (Wildman–Crippen MR) is 76.9 cm³/mol. The average Bonchev–Trinajstić information content (AvgIpc) is 2.79. The average molecular weight is 272 g/mol. The number of para-hydroxylation sites is 1. The van der Waals surface area contributed by atoms with Crippen LogP contribution in [0.2, 0.25) is 0 Å². The van der Waals surface area contributed by atoms with Gasteiger partial charge in [-0.3, -0.25) is 9.79 Å². The number of carbonyl (C=O) groups excluding carboxylic acids is 1. The zero-order valence-corrected chi connectivity index (χ0v) is 11.5. The Morgan fingerprint density at radius 2 is 2.25 bits per heavy atom. The Hall–Kier alpha value is -2.30. The highest BCUT2D eigenvalue weighted by Crippen LogP contribution is 2.38. The van der Waals surface area contributed by atoms with Crippen LogP contribution in [0.15, 0.2) is 33.7 Å². The van der Waals surface area contributed by atoms with Gasteiger partial charge in [-0.1, -0.05) is 12.1 Å². The van der Waals surface area contributed by atoms with Gasteiger partial charge in [0.1, 0.15) is 23.9 Å². The summed E-state index contributed by atoms with van der Waals surface area (Å²) in [6.07, 6.45) is 0.150. The standard InChI is InChI=1S/C15H16N2O3/c1-3-19-13(18)8-12-16-9(2)15-14(17-12)10-6-4-5-7-11(10)20-15/h4-7,9H,3,8H2,1-2H3,(H,16,17). The zero-order chi connectivity index (χ0) is 14.1. The third-order valence-corrected chi connectivity index (χ3v) is 3.24. The van der Waals surface area contributed by atoms with Crippen LogP contribution in [0.4, 0.5) is 5.69 Å². The Bertz CT molecular complexity index is 687. The third-order valence-electron chi connectivity index (χ3n) is 3.24.